The summed E-state index contributed by atoms with van der Waals surface area (Å²) in [7, 11) is 0. The second kappa shape index (κ2) is 6.69. The monoisotopic (exact) mass is 319 g/mol. The predicted octanol–water partition coefficient (Wildman–Crippen LogP) is 3.70. The minimum Gasteiger partial charge on any atom is -0.444 e. The van der Waals surface area contributed by atoms with Gasteiger partial charge in [0.2, 0.25) is 0 Å². The highest BCUT2D eigenvalue weighted by atomic mass is 16.6. The summed E-state index contributed by atoms with van der Waals surface area (Å²) in [6, 6.07) is 4.20. The molecule has 1 saturated heterocycles. The number of nitrogen functional groups attached to an aromatic ring is 1. The molecule has 2 rings (SSSR count). The van der Waals surface area contributed by atoms with E-state index in [0.29, 0.717) is 6.54 Å². The lowest BCUT2D eigenvalue weighted by Gasteiger charge is -2.29. The van der Waals surface area contributed by atoms with Crippen LogP contribution in [0.4, 0.5) is 16.2 Å². The largest absolute Gasteiger partial charge is 0.444 e. The van der Waals surface area contributed by atoms with Crippen LogP contribution >= 0.6 is 0 Å². The summed E-state index contributed by atoms with van der Waals surface area (Å²) >= 11 is 0. The van der Waals surface area contributed by atoms with E-state index in [0.717, 1.165) is 30.8 Å². The van der Waals surface area contributed by atoms with Crippen LogP contribution in [0.2, 0.25) is 0 Å². The first-order chi connectivity index (χ1) is 10.7. The number of amides is 1. The summed E-state index contributed by atoms with van der Waals surface area (Å²) in [5.74, 6) is 0. The fourth-order valence-corrected chi connectivity index (χ4v) is 2.83. The fourth-order valence-electron chi connectivity index (χ4n) is 2.83. The van der Waals surface area contributed by atoms with Gasteiger partial charge in [0.1, 0.15) is 5.60 Å². The Morgan fingerprint density at radius 1 is 1.35 bits per heavy atom. The van der Waals surface area contributed by atoms with Gasteiger partial charge in [-0.2, -0.15) is 0 Å². The predicted molar refractivity (Wildman–Crippen MR) is 94.8 cm³/mol. The number of nitrogens with two attached hydrogens (primary N) is 1. The normalized spacial score (nSPS) is 18.1. The molecule has 0 aromatic heterocycles. The van der Waals surface area contributed by atoms with Crippen LogP contribution in [-0.4, -0.2) is 35.7 Å². The van der Waals surface area contributed by atoms with Crippen molar-refractivity contribution in [2.24, 2.45) is 0 Å². The number of aryl methyl sites for hydroxylation is 2. The number of nitrogens with zero attached hydrogens (tertiary/aromatic N) is 1. The van der Waals surface area contributed by atoms with E-state index in [4.69, 9.17) is 10.5 Å². The molecule has 0 radical (unpaired) electrons. The van der Waals surface area contributed by atoms with E-state index in [9.17, 15) is 4.79 Å². The van der Waals surface area contributed by atoms with Gasteiger partial charge in [-0.25, -0.2) is 4.79 Å². The minimum absolute atomic E-state index is 0.144. The van der Waals surface area contributed by atoms with E-state index in [1.165, 1.54) is 11.1 Å². The van der Waals surface area contributed by atoms with Crippen molar-refractivity contribution in [3.8, 4) is 0 Å². The van der Waals surface area contributed by atoms with Crippen molar-refractivity contribution in [3.05, 3.63) is 23.3 Å². The molecule has 1 aromatic carbocycles. The number of carbonyl (C=O) groups is 1. The van der Waals surface area contributed by atoms with Crippen molar-refractivity contribution in [1.82, 2.24) is 4.90 Å². The fraction of sp³-hybridized carbons (Fsp3) is 0.611. The summed E-state index contributed by atoms with van der Waals surface area (Å²) < 4.78 is 5.50. The van der Waals surface area contributed by atoms with Gasteiger partial charge >= 0.3 is 6.09 Å². The van der Waals surface area contributed by atoms with Crippen LogP contribution in [0.25, 0.3) is 0 Å². The van der Waals surface area contributed by atoms with Crippen molar-refractivity contribution < 1.29 is 9.53 Å². The second-order valence-electron chi connectivity index (χ2n) is 7.37. The topological polar surface area (TPSA) is 67.6 Å². The molecule has 0 saturated carbocycles. The lowest BCUT2D eigenvalue weighted by Crippen LogP contribution is -2.42. The van der Waals surface area contributed by atoms with E-state index in [2.05, 4.69) is 25.2 Å². The average molecular weight is 319 g/mol. The molecular weight excluding hydrogens is 290 g/mol. The molecule has 5 heteroatoms. The van der Waals surface area contributed by atoms with Gasteiger partial charge in [0.05, 0.1) is 17.4 Å². The highest BCUT2D eigenvalue weighted by Gasteiger charge is 2.32. The van der Waals surface area contributed by atoms with Crippen molar-refractivity contribution >= 4 is 17.5 Å². The Morgan fingerprint density at radius 2 is 2.00 bits per heavy atom. The highest BCUT2D eigenvalue weighted by Crippen LogP contribution is 2.25. The number of hydrogen-bond acceptors (Lipinski definition) is 4. The van der Waals surface area contributed by atoms with Crippen LogP contribution in [0, 0.1) is 13.8 Å². The third kappa shape index (κ3) is 4.53. The van der Waals surface area contributed by atoms with Gasteiger partial charge in [-0.1, -0.05) is 0 Å². The highest BCUT2D eigenvalue weighted by molar-refractivity contribution is 5.70. The molecule has 1 unspecified atom stereocenters. The number of rotatable bonds is 3. The molecule has 3 N–H and O–H groups in total. The summed E-state index contributed by atoms with van der Waals surface area (Å²) in [6.07, 6.45) is 1.76. The van der Waals surface area contributed by atoms with Crippen molar-refractivity contribution in [2.45, 2.75) is 59.1 Å². The number of likely N-dealkylation sites (tertiary alicyclic amines) is 1. The van der Waals surface area contributed by atoms with E-state index in [-0.39, 0.29) is 12.1 Å². The number of hydrogen-bond donors (Lipinski definition) is 2. The minimum atomic E-state index is -0.462. The molecule has 1 heterocycles. The van der Waals surface area contributed by atoms with Gasteiger partial charge < -0.3 is 20.7 Å². The summed E-state index contributed by atoms with van der Waals surface area (Å²) in [4.78, 5) is 14.1. The second-order valence-corrected chi connectivity index (χ2v) is 7.37. The van der Waals surface area contributed by atoms with Crippen molar-refractivity contribution in [2.75, 3.05) is 24.1 Å². The lowest BCUT2D eigenvalue weighted by atomic mass is 10.1. The Bertz CT molecular complexity index is 578. The third-order valence-electron chi connectivity index (χ3n) is 4.20. The molecule has 5 nitrogen and oxygen atoms in total. The zero-order chi connectivity index (χ0) is 17.2. The maximum Gasteiger partial charge on any atom is 0.410 e. The first-order valence-electron chi connectivity index (χ1n) is 8.27. The molecule has 1 amide bonds. The first kappa shape index (κ1) is 17.4. The molecule has 1 fully saturated rings. The quantitative estimate of drug-likeness (QED) is 0.834. The van der Waals surface area contributed by atoms with E-state index in [1.807, 2.05) is 31.7 Å². The Hall–Kier alpha value is -1.91. The van der Waals surface area contributed by atoms with Crippen LogP contribution in [0.1, 0.15) is 44.7 Å². The molecule has 0 spiro atoms. The van der Waals surface area contributed by atoms with Gasteiger partial charge in [-0.3, -0.25) is 0 Å². The maximum absolute atomic E-state index is 12.3. The molecule has 1 aliphatic heterocycles. The molecular formula is C18H29N3O2. The van der Waals surface area contributed by atoms with Crippen LogP contribution in [0.5, 0.6) is 0 Å². The Kier molecular flexibility index (Phi) is 5.07. The van der Waals surface area contributed by atoms with Gasteiger partial charge in [0.15, 0.2) is 0 Å². The summed E-state index contributed by atoms with van der Waals surface area (Å²) in [5, 5.41) is 3.40. The van der Waals surface area contributed by atoms with Gasteiger partial charge in [0.25, 0.3) is 0 Å². The van der Waals surface area contributed by atoms with Crippen LogP contribution in [-0.2, 0) is 4.74 Å². The van der Waals surface area contributed by atoms with Crippen LogP contribution in [0.3, 0.4) is 0 Å². The number of anilines is 2. The summed E-state index contributed by atoms with van der Waals surface area (Å²) in [6.45, 7) is 11.2. The first-order valence-corrected chi connectivity index (χ1v) is 8.27. The Labute approximate surface area is 139 Å². The van der Waals surface area contributed by atoms with Crippen molar-refractivity contribution in [1.29, 1.82) is 0 Å². The van der Waals surface area contributed by atoms with Crippen LogP contribution < -0.4 is 11.1 Å². The third-order valence-corrected chi connectivity index (χ3v) is 4.20. The zero-order valence-corrected chi connectivity index (χ0v) is 14.9. The average Bonchev–Trinajstić information content (AvgIpc) is 2.88. The number of benzene rings is 1. The van der Waals surface area contributed by atoms with E-state index in [1.54, 1.807) is 0 Å². The van der Waals surface area contributed by atoms with E-state index >= 15 is 0 Å². The zero-order valence-electron chi connectivity index (χ0n) is 14.9. The standard InChI is InChI=1S/C18H29N3O2/c1-12-9-15(19)16(10-13(12)2)20-11-14-7-6-8-21(14)17(22)23-18(3,4)5/h9-10,14,20H,6-8,11,19H2,1-5H3. The molecule has 128 valence electrons. The number of nitrogens with one attached hydrogen (secondary N) is 1. The van der Waals surface area contributed by atoms with Crippen molar-refractivity contribution in [3.63, 3.8) is 0 Å². The maximum atomic E-state index is 12.3. The Balaban J connectivity index is 1.99. The Morgan fingerprint density at radius 3 is 2.65 bits per heavy atom. The molecule has 0 bridgehead atoms. The van der Waals surface area contributed by atoms with Gasteiger partial charge in [-0.05, 0) is 70.7 Å². The molecule has 1 atom stereocenters. The SMILES string of the molecule is Cc1cc(N)c(NCC2CCCN2C(=O)OC(C)(C)C)cc1C. The van der Waals surface area contributed by atoms with Gasteiger partial charge in [0, 0.05) is 13.1 Å². The number of ether oxygens (including phenoxy) is 1. The molecule has 1 aromatic rings. The lowest BCUT2D eigenvalue weighted by molar-refractivity contribution is 0.0235. The van der Waals surface area contributed by atoms with Gasteiger partial charge in [-0.15, -0.1) is 0 Å². The molecule has 0 aliphatic carbocycles. The van der Waals surface area contributed by atoms with E-state index < -0.39 is 5.60 Å². The molecule has 1 aliphatic rings. The smallest absolute Gasteiger partial charge is 0.410 e. The van der Waals surface area contributed by atoms with Crippen LogP contribution in [0.15, 0.2) is 12.1 Å². The summed E-state index contributed by atoms with van der Waals surface area (Å²) in [5.41, 5.74) is 9.69. The number of carbonyl (C=O) groups excluding carboxylic acids is 1. The molecule has 23 heavy (non-hydrogen) atoms.